The molecule has 2 heterocycles. The Bertz CT molecular complexity index is 760. The van der Waals surface area contributed by atoms with Crippen LogP contribution in [0.5, 0.6) is 0 Å². The monoisotopic (exact) mass is 276 g/mol. The third-order valence-electron chi connectivity index (χ3n) is 2.88. The van der Waals surface area contributed by atoms with Gasteiger partial charge in [0.05, 0.1) is 10.9 Å². The number of aryl methyl sites for hydroxylation is 1. The van der Waals surface area contributed by atoms with Crippen molar-refractivity contribution in [3.63, 3.8) is 0 Å². The van der Waals surface area contributed by atoms with Gasteiger partial charge < -0.3 is 5.32 Å². The van der Waals surface area contributed by atoms with Crippen molar-refractivity contribution < 1.29 is 4.79 Å². The summed E-state index contributed by atoms with van der Waals surface area (Å²) in [5.74, 6) is -0.297. The number of hydrogen-bond acceptors (Lipinski definition) is 4. The van der Waals surface area contributed by atoms with Gasteiger partial charge in [0.1, 0.15) is 5.65 Å². The number of H-pyrrole nitrogens is 1. The minimum atomic E-state index is -0.531. The zero-order valence-corrected chi connectivity index (χ0v) is 11.4. The van der Waals surface area contributed by atoms with Crippen molar-refractivity contribution in [3.05, 3.63) is 38.7 Å². The van der Waals surface area contributed by atoms with Gasteiger partial charge in [0.25, 0.3) is 11.5 Å². The van der Waals surface area contributed by atoms with E-state index in [1.165, 1.54) is 16.8 Å². The molecule has 20 heavy (non-hydrogen) atoms. The Morgan fingerprint density at radius 1 is 1.40 bits per heavy atom. The van der Waals surface area contributed by atoms with Crippen LogP contribution in [0.3, 0.4) is 0 Å². The van der Waals surface area contributed by atoms with Crippen LogP contribution in [0.2, 0.25) is 0 Å². The summed E-state index contributed by atoms with van der Waals surface area (Å²) in [5.41, 5.74) is -0.418. The van der Waals surface area contributed by atoms with Crippen molar-refractivity contribution in [1.29, 1.82) is 0 Å². The van der Waals surface area contributed by atoms with E-state index in [-0.39, 0.29) is 11.3 Å². The number of fused-ring (bicyclic) bond motifs is 1. The molecule has 0 saturated carbocycles. The quantitative estimate of drug-likeness (QED) is 0.836. The van der Waals surface area contributed by atoms with E-state index in [1.54, 1.807) is 6.92 Å². The average molecular weight is 276 g/mol. The highest BCUT2D eigenvalue weighted by molar-refractivity contribution is 5.96. The lowest BCUT2D eigenvalue weighted by molar-refractivity contribution is 0.0955. The van der Waals surface area contributed by atoms with Crippen LogP contribution >= 0.6 is 0 Å². The normalized spacial score (nSPS) is 10.7. The second-order valence-corrected chi connectivity index (χ2v) is 4.37. The van der Waals surface area contributed by atoms with Crippen molar-refractivity contribution in [2.75, 3.05) is 6.54 Å². The van der Waals surface area contributed by atoms with Gasteiger partial charge in [-0.05, 0) is 19.4 Å². The summed E-state index contributed by atoms with van der Waals surface area (Å²) < 4.78 is 1.40. The van der Waals surface area contributed by atoms with E-state index in [2.05, 4.69) is 15.3 Å². The number of carbonyl (C=O) groups excluding carboxylic acids is 1. The lowest BCUT2D eigenvalue weighted by Gasteiger charge is -2.08. The van der Waals surface area contributed by atoms with Gasteiger partial charge in [-0.3, -0.25) is 19.1 Å². The molecule has 0 aliphatic rings. The van der Waals surface area contributed by atoms with Gasteiger partial charge >= 0.3 is 5.69 Å². The first kappa shape index (κ1) is 14.0. The highest BCUT2D eigenvalue weighted by atomic mass is 16.2. The summed E-state index contributed by atoms with van der Waals surface area (Å²) >= 11 is 0. The first-order valence-electron chi connectivity index (χ1n) is 6.49. The number of aromatic nitrogens is 3. The number of amides is 1. The van der Waals surface area contributed by atoms with E-state index in [1.807, 2.05) is 6.92 Å². The Hall–Kier alpha value is -2.44. The molecule has 2 aromatic heterocycles. The van der Waals surface area contributed by atoms with Crippen LogP contribution in [0.4, 0.5) is 0 Å². The van der Waals surface area contributed by atoms with Crippen LogP contribution < -0.4 is 16.6 Å². The van der Waals surface area contributed by atoms with Gasteiger partial charge in [-0.25, -0.2) is 9.78 Å². The molecule has 0 bridgehead atoms. The number of aromatic amines is 1. The molecule has 2 aromatic rings. The first-order valence-corrected chi connectivity index (χ1v) is 6.49. The summed E-state index contributed by atoms with van der Waals surface area (Å²) in [6, 6.07) is 1.46. The summed E-state index contributed by atoms with van der Waals surface area (Å²) in [6.45, 7) is 4.67. The van der Waals surface area contributed by atoms with Crippen LogP contribution in [0.1, 0.15) is 30.6 Å². The van der Waals surface area contributed by atoms with E-state index in [0.717, 1.165) is 6.42 Å². The van der Waals surface area contributed by atoms with E-state index in [0.29, 0.717) is 24.3 Å². The number of nitrogens with zero attached hydrogens (tertiary/aromatic N) is 2. The SMILES string of the molecule is CCCn1c(=O)[nH]c(=O)c2cc(C(=O)NCC)cnc21. The molecule has 0 spiro atoms. The Morgan fingerprint density at radius 3 is 2.80 bits per heavy atom. The fourth-order valence-corrected chi connectivity index (χ4v) is 1.99. The molecule has 7 nitrogen and oxygen atoms in total. The average Bonchev–Trinajstić information content (AvgIpc) is 2.43. The summed E-state index contributed by atoms with van der Waals surface area (Å²) in [4.78, 5) is 41.7. The summed E-state index contributed by atoms with van der Waals surface area (Å²) in [5, 5.41) is 2.88. The number of rotatable bonds is 4. The van der Waals surface area contributed by atoms with Gasteiger partial charge in [-0.15, -0.1) is 0 Å². The maximum Gasteiger partial charge on any atom is 0.329 e. The zero-order valence-electron chi connectivity index (χ0n) is 11.4. The molecule has 2 rings (SSSR count). The summed E-state index contributed by atoms with van der Waals surface area (Å²) in [6.07, 6.45) is 2.11. The molecule has 0 saturated heterocycles. The molecule has 0 unspecified atom stereocenters. The van der Waals surface area contributed by atoms with Crippen LogP contribution in [-0.4, -0.2) is 27.0 Å². The van der Waals surface area contributed by atoms with Crippen LogP contribution in [0, 0.1) is 0 Å². The minimum absolute atomic E-state index is 0.238. The third-order valence-corrected chi connectivity index (χ3v) is 2.88. The van der Waals surface area contributed by atoms with Gasteiger partial charge in [-0.1, -0.05) is 6.92 Å². The molecule has 1 amide bonds. The molecular weight excluding hydrogens is 260 g/mol. The topological polar surface area (TPSA) is 96.9 Å². The molecule has 2 N–H and O–H groups in total. The number of pyridine rings is 1. The fourth-order valence-electron chi connectivity index (χ4n) is 1.99. The lowest BCUT2D eigenvalue weighted by Crippen LogP contribution is -2.31. The van der Waals surface area contributed by atoms with E-state index in [4.69, 9.17) is 0 Å². The molecule has 0 aliphatic carbocycles. The van der Waals surface area contributed by atoms with Crippen LogP contribution in [0.25, 0.3) is 11.0 Å². The van der Waals surface area contributed by atoms with Crippen molar-refractivity contribution in [2.24, 2.45) is 0 Å². The van der Waals surface area contributed by atoms with Crippen LogP contribution in [0.15, 0.2) is 21.9 Å². The molecule has 0 radical (unpaired) electrons. The standard InChI is InChI=1S/C13H16N4O3/c1-3-5-17-10-9(12(19)16-13(17)20)6-8(7-15-10)11(18)14-4-2/h6-7H,3-5H2,1-2H3,(H,14,18)(H,16,19,20). The Balaban J connectivity index is 2.67. The molecular formula is C13H16N4O3. The third kappa shape index (κ3) is 2.47. The van der Waals surface area contributed by atoms with E-state index >= 15 is 0 Å². The first-order chi connectivity index (χ1) is 9.58. The van der Waals surface area contributed by atoms with Gasteiger partial charge in [-0.2, -0.15) is 0 Å². The Kier molecular flexibility index (Phi) is 3.97. The fraction of sp³-hybridized carbons (Fsp3) is 0.385. The lowest BCUT2D eigenvalue weighted by atomic mass is 10.2. The zero-order chi connectivity index (χ0) is 14.7. The number of nitrogens with one attached hydrogen (secondary N) is 2. The van der Waals surface area contributed by atoms with Gasteiger partial charge in [0, 0.05) is 19.3 Å². The Morgan fingerprint density at radius 2 is 2.15 bits per heavy atom. The predicted octanol–water partition coefficient (Wildman–Crippen LogP) is 0.244. The second kappa shape index (κ2) is 5.68. The van der Waals surface area contributed by atoms with Crippen molar-refractivity contribution >= 4 is 16.9 Å². The molecule has 0 aromatic carbocycles. The minimum Gasteiger partial charge on any atom is -0.352 e. The number of carbonyl (C=O) groups is 1. The maximum absolute atomic E-state index is 11.8. The highest BCUT2D eigenvalue weighted by Crippen LogP contribution is 2.08. The number of hydrogen-bond donors (Lipinski definition) is 2. The van der Waals surface area contributed by atoms with Crippen molar-refractivity contribution in [1.82, 2.24) is 19.9 Å². The van der Waals surface area contributed by atoms with Crippen molar-refractivity contribution in [3.8, 4) is 0 Å². The molecule has 0 fully saturated rings. The van der Waals surface area contributed by atoms with Crippen molar-refractivity contribution in [2.45, 2.75) is 26.8 Å². The maximum atomic E-state index is 11.8. The second-order valence-electron chi connectivity index (χ2n) is 4.37. The van der Waals surface area contributed by atoms with E-state index in [9.17, 15) is 14.4 Å². The largest absolute Gasteiger partial charge is 0.352 e. The smallest absolute Gasteiger partial charge is 0.329 e. The molecule has 7 heteroatoms. The van der Waals surface area contributed by atoms with E-state index < -0.39 is 11.2 Å². The Labute approximate surface area is 114 Å². The molecule has 0 aliphatic heterocycles. The van der Waals surface area contributed by atoms with Gasteiger partial charge in [0.2, 0.25) is 0 Å². The highest BCUT2D eigenvalue weighted by Gasteiger charge is 2.12. The molecule has 0 atom stereocenters. The van der Waals surface area contributed by atoms with Gasteiger partial charge in [0.15, 0.2) is 0 Å². The summed E-state index contributed by atoms with van der Waals surface area (Å²) in [7, 11) is 0. The van der Waals surface area contributed by atoms with Crippen LogP contribution in [-0.2, 0) is 6.54 Å². The molecule has 106 valence electrons. The predicted molar refractivity (Wildman–Crippen MR) is 74.9 cm³/mol.